The molecule has 0 N–H and O–H groups in total. The fourth-order valence-electron chi connectivity index (χ4n) is 1.01. The average Bonchev–Trinajstić information content (AvgIpc) is 2.62. The highest BCUT2D eigenvalue weighted by atomic mass is 79.9. The molecule has 0 saturated carbocycles. The molecule has 0 bridgehead atoms. The third kappa shape index (κ3) is 1.78. The number of nitrogens with zero attached hydrogens (tertiary/aromatic N) is 1. The molecule has 0 atom stereocenters. The first-order valence-corrected chi connectivity index (χ1v) is 5.28. The normalized spacial score (nSPS) is 10.3. The third-order valence-corrected chi connectivity index (χ3v) is 3.10. The van der Waals surface area contributed by atoms with Crippen LogP contribution in [-0.2, 0) is 0 Å². The lowest BCUT2D eigenvalue weighted by Crippen LogP contribution is -1.78. The Morgan fingerprint density at radius 2 is 2.23 bits per heavy atom. The summed E-state index contributed by atoms with van der Waals surface area (Å²) in [6, 6.07) is 5.06. The molecule has 1 aromatic heterocycles. The highest BCUT2D eigenvalue weighted by molar-refractivity contribution is 9.10. The minimum Gasteiger partial charge on any atom is -0.252 e. The van der Waals surface area contributed by atoms with Crippen LogP contribution < -0.4 is 0 Å². The Balaban J connectivity index is 2.49. The van der Waals surface area contributed by atoms with Gasteiger partial charge in [0, 0.05) is 6.20 Å². The molecule has 0 aliphatic carbocycles. The van der Waals surface area contributed by atoms with Crippen molar-refractivity contribution in [1.29, 1.82) is 0 Å². The SMILES string of the molecule is Fc1cc(-c2cncs2)ccc1Br. The molecule has 2 rings (SSSR count). The van der Waals surface area contributed by atoms with E-state index < -0.39 is 0 Å². The van der Waals surface area contributed by atoms with Crippen LogP contribution in [0.2, 0.25) is 0 Å². The molecule has 0 aliphatic rings. The smallest absolute Gasteiger partial charge is 0.138 e. The van der Waals surface area contributed by atoms with Crippen LogP contribution in [0.3, 0.4) is 0 Å². The number of benzene rings is 1. The van der Waals surface area contributed by atoms with Gasteiger partial charge in [-0.25, -0.2) is 4.39 Å². The number of hydrogen-bond acceptors (Lipinski definition) is 2. The Morgan fingerprint density at radius 1 is 1.38 bits per heavy atom. The molecule has 1 heterocycles. The van der Waals surface area contributed by atoms with Crippen LogP contribution in [0.5, 0.6) is 0 Å². The Bertz CT molecular complexity index is 414. The van der Waals surface area contributed by atoms with Crippen molar-refractivity contribution < 1.29 is 4.39 Å². The Kier molecular flexibility index (Phi) is 2.42. The van der Waals surface area contributed by atoms with E-state index >= 15 is 0 Å². The van der Waals surface area contributed by atoms with Crippen molar-refractivity contribution in [3.05, 3.63) is 40.2 Å². The van der Waals surface area contributed by atoms with Crippen molar-refractivity contribution in [1.82, 2.24) is 4.98 Å². The molecule has 0 unspecified atom stereocenters. The van der Waals surface area contributed by atoms with E-state index in [1.807, 2.05) is 6.07 Å². The molecule has 1 aromatic carbocycles. The van der Waals surface area contributed by atoms with E-state index in [-0.39, 0.29) is 5.82 Å². The van der Waals surface area contributed by atoms with E-state index in [2.05, 4.69) is 20.9 Å². The summed E-state index contributed by atoms with van der Waals surface area (Å²) in [5, 5.41) is 0. The van der Waals surface area contributed by atoms with Crippen molar-refractivity contribution in [2.24, 2.45) is 0 Å². The number of halogens is 2. The van der Waals surface area contributed by atoms with Gasteiger partial charge in [0.2, 0.25) is 0 Å². The predicted octanol–water partition coefficient (Wildman–Crippen LogP) is 3.71. The lowest BCUT2D eigenvalue weighted by atomic mass is 10.2. The van der Waals surface area contributed by atoms with Gasteiger partial charge >= 0.3 is 0 Å². The molecule has 0 fully saturated rings. The van der Waals surface area contributed by atoms with Crippen LogP contribution in [0.1, 0.15) is 0 Å². The summed E-state index contributed by atoms with van der Waals surface area (Å²) in [4.78, 5) is 4.91. The van der Waals surface area contributed by atoms with E-state index in [0.717, 1.165) is 10.4 Å². The van der Waals surface area contributed by atoms with Crippen LogP contribution in [-0.4, -0.2) is 4.98 Å². The Morgan fingerprint density at radius 3 is 2.85 bits per heavy atom. The van der Waals surface area contributed by atoms with Crippen LogP contribution in [0.15, 0.2) is 34.4 Å². The molecule has 0 amide bonds. The molecular weight excluding hydrogens is 253 g/mol. The molecule has 0 radical (unpaired) electrons. The molecule has 0 spiro atoms. The first kappa shape index (κ1) is 8.84. The topological polar surface area (TPSA) is 12.9 Å². The minimum atomic E-state index is -0.245. The quantitative estimate of drug-likeness (QED) is 0.759. The molecule has 0 saturated heterocycles. The van der Waals surface area contributed by atoms with Crippen LogP contribution in [0, 0.1) is 5.82 Å². The number of thiazole rings is 1. The van der Waals surface area contributed by atoms with Gasteiger partial charge in [0.15, 0.2) is 0 Å². The van der Waals surface area contributed by atoms with Crippen LogP contribution in [0.4, 0.5) is 4.39 Å². The molecule has 66 valence electrons. The van der Waals surface area contributed by atoms with E-state index in [4.69, 9.17) is 0 Å². The Labute approximate surface area is 87.4 Å². The monoisotopic (exact) mass is 257 g/mol. The number of rotatable bonds is 1. The minimum absolute atomic E-state index is 0.245. The van der Waals surface area contributed by atoms with Crippen LogP contribution >= 0.6 is 27.3 Å². The zero-order valence-electron chi connectivity index (χ0n) is 6.50. The molecule has 0 aliphatic heterocycles. The van der Waals surface area contributed by atoms with Crippen LogP contribution in [0.25, 0.3) is 10.4 Å². The first-order chi connectivity index (χ1) is 6.27. The van der Waals surface area contributed by atoms with Crippen molar-refractivity contribution in [3.8, 4) is 10.4 Å². The predicted molar refractivity (Wildman–Crippen MR) is 55.2 cm³/mol. The Hall–Kier alpha value is -0.740. The number of aromatic nitrogens is 1. The summed E-state index contributed by atoms with van der Waals surface area (Å²) < 4.78 is 13.6. The lowest BCUT2D eigenvalue weighted by molar-refractivity contribution is 0.622. The van der Waals surface area contributed by atoms with Gasteiger partial charge in [0.1, 0.15) is 5.82 Å². The second kappa shape index (κ2) is 3.55. The fourth-order valence-corrected chi connectivity index (χ4v) is 1.87. The summed E-state index contributed by atoms with van der Waals surface area (Å²) >= 11 is 4.60. The van der Waals surface area contributed by atoms with Gasteiger partial charge in [-0.3, -0.25) is 4.98 Å². The highest BCUT2D eigenvalue weighted by Crippen LogP contribution is 2.26. The maximum atomic E-state index is 13.1. The largest absolute Gasteiger partial charge is 0.252 e. The molecular formula is C9H5BrFNS. The van der Waals surface area contributed by atoms with Gasteiger partial charge in [-0.15, -0.1) is 11.3 Å². The molecule has 4 heteroatoms. The maximum Gasteiger partial charge on any atom is 0.138 e. The lowest BCUT2D eigenvalue weighted by Gasteiger charge is -1.98. The van der Waals surface area contributed by atoms with E-state index in [1.165, 1.54) is 17.4 Å². The van der Waals surface area contributed by atoms with E-state index in [1.54, 1.807) is 17.8 Å². The summed E-state index contributed by atoms with van der Waals surface area (Å²) in [7, 11) is 0. The van der Waals surface area contributed by atoms with Crippen molar-refractivity contribution in [2.75, 3.05) is 0 Å². The van der Waals surface area contributed by atoms with Gasteiger partial charge in [-0.1, -0.05) is 6.07 Å². The van der Waals surface area contributed by atoms with Crippen molar-refractivity contribution >= 4 is 27.3 Å². The standard InChI is InChI=1S/C9H5BrFNS/c10-7-2-1-6(3-8(7)11)9-4-12-5-13-9/h1-5H. The highest BCUT2D eigenvalue weighted by Gasteiger charge is 2.03. The van der Waals surface area contributed by atoms with Crippen molar-refractivity contribution in [3.63, 3.8) is 0 Å². The molecule has 13 heavy (non-hydrogen) atoms. The van der Waals surface area contributed by atoms with Gasteiger partial charge in [-0.2, -0.15) is 0 Å². The maximum absolute atomic E-state index is 13.1. The zero-order valence-corrected chi connectivity index (χ0v) is 8.90. The average molecular weight is 258 g/mol. The van der Waals surface area contributed by atoms with Crippen molar-refractivity contribution in [2.45, 2.75) is 0 Å². The first-order valence-electron chi connectivity index (χ1n) is 3.61. The third-order valence-electron chi connectivity index (χ3n) is 1.64. The summed E-state index contributed by atoms with van der Waals surface area (Å²) in [6.45, 7) is 0. The number of hydrogen-bond donors (Lipinski definition) is 0. The van der Waals surface area contributed by atoms with Gasteiger partial charge in [0.05, 0.1) is 14.9 Å². The zero-order chi connectivity index (χ0) is 9.26. The summed E-state index contributed by atoms with van der Waals surface area (Å²) in [5.41, 5.74) is 2.60. The van der Waals surface area contributed by atoms with Gasteiger partial charge in [0.25, 0.3) is 0 Å². The summed E-state index contributed by atoms with van der Waals surface area (Å²) in [5.74, 6) is -0.245. The molecule has 1 nitrogen and oxygen atoms in total. The molecule has 2 aromatic rings. The fraction of sp³-hybridized carbons (Fsp3) is 0. The summed E-state index contributed by atoms with van der Waals surface area (Å²) in [6.07, 6.45) is 1.73. The van der Waals surface area contributed by atoms with Gasteiger partial charge < -0.3 is 0 Å². The van der Waals surface area contributed by atoms with E-state index in [9.17, 15) is 4.39 Å². The van der Waals surface area contributed by atoms with E-state index in [0.29, 0.717) is 4.47 Å². The van der Waals surface area contributed by atoms with Gasteiger partial charge in [-0.05, 0) is 33.6 Å². The second-order valence-corrected chi connectivity index (χ2v) is 4.24. The second-order valence-electron chi connectivity index (χ2n) is 2.49.